The first-order valence-corrected chi connectivity index (χ1v) is 12.1. The second-order valence-corrected chi connectivity index (χ2v) is 8.58. The average molecular weight is 412 g/mol. The van der Waals surface area contributed by atoms with Crippen molar-refractivity contribution in [1.82, 2.24) is 4.90 Å². The topological polar surface area (TPSA) is 38.8 Å². The lowest BCUT2D eigenvalue weighted by molar-refractivity contribution is -0.149. The largest absolute Gasteiger partial charge is 0.498 e. The zero-order chi connectivity index (χ0) is 21.6. The van der Waals surface area contributed by atoms with Gasteiger partial charge in [-0.2, -0.15) is 0 Å². The Balaban J connectivity index is 3.38. The van der Waals surface area contributed by atoms with E-state index in [4.69, 9.17) is 9.47 Å². The molecule has 172 valence electrons. The van der Waals surface area contributed by atoms with Gasteiger partial charge >= 0.3 is 5.97 Å². The van der Waals surface area contributed by atoms with Crippen molar-refractivity contribution in [2.45, 2.75) is 116 Å². The van der Waals surface area contributed by atoms with Crippen LogP contribution < -0.4 is 0 Å². The molecule has 0 aliphatic rings. The van der Waals surface area contributed by atoms with Gasteiger partial charge in [-0.15, -0.1) is 0 Å². The molecule has 0 saturated heterocycles. The first kappa shape index (κ1) is 28.0. The van der Waals surface area contributed by atoms with Gasteiger partial charge in [0.2, 0.25) is 0 Å². The van der Waals surface area contributed by atoms with Gasteiger partial charge in [0.25, 0.3) is 0 Å². The second kappa shape index (κ2) is 21.7. The van der Waals surface area contributed by atoms with E-state index in [-0.39, 0.29) is 12.1 Å². The minimum atomic E-state index is -0.258. The normalized spacial score (nSPS) is 12.6. The number of likely N-dealkylation sites (N-methyl/N-ethyl adjacent to an activating group) is 1. The number of allylic oxidation sites excluding steroid dienone is 1. The molecule has 0 aromatic rings. The van der Waals surface area contributed by atoms with Gasteiger partial charge in [-0.05, 0) is 33.0 Å². The van der Waals surface area contributed by atoms with Crippen LogP contribution in [0.5, 0.6) is 0 Å². The van der Waals surface area contributed by atoms with Crippen LogP contribution in [0, 0.1) is 0 Å². The van der Waals surface area contributed by atoms with Crippen LogP contribution in [0.2, 0.25) is 0 Å². The standard InChI is InChI=1S/C25H49NO3/c1-5-6-7-8-9-10-11-12-13-14-15-16-17-18-19-20-21-28-23-25(22-26(3)4)29-24(2)27/h20-21,25H,5-19,22-23H2,1-4H3. The highest BCUT2D eigenvalue weighted by Gasteiger charge is 2.13. The summed E-state index contributed by atoms with van der Waals surface area (Å²) >= 11 is 0. The van der Waals surface area contributed by atoms with Crippen molar-refractivity contribution in [3.8, 4) is 0 Å². The summed E-state index contributed by atoms with van der Waals surface area (Å²) in [5.74, 6) is -0.258. The average Bonchev–Trinajstić information content (AvgIpc) is 2.66. The predicted molar refractivity (Wildman–Crippen MR) is 124 cm³/mol. The van der Waals surface area contributed by atoms with Crippen LogP contribution in [0.4, 0.5) is 0 Å². The quantitative estimate of drug-likeness (QED) is 0.117. The fraction of sp³-hybridized carbons (Fsp3) is 0.880. The zero-order valence-electron chi connectivity index (χ0n) is 19.9. The van der Waals surface area contributed by atoms with Gasteiger partial charge in [0, 0.05) is 13.5 Å². The summed E-state index contributed by atoms with van der Waals surface area (Å²) in [4.78, 5) is 13.1. The summed E-state index contributed by atoms with van der Waals surface area (Å²) in [6.45, 7) is 4.80. The summed E-state index contributed by atoms with van der Waals surface area (Å²) in [5, 5.41) is 0. The Morgan fingerprint density at radius 3 is 1.76 bits per heavy atom. The Bertz CT molecular complexity index is 382. The molecule has 0 aromatic carbocycles. The highest BCUT2D eigenvalue weighted by Crippen LogP contribution is 2.13. The lowest BCUT2D eigenvalue weighted by atomic mass is 10.0. The minimum Gasteiger partial charge on any atom is -0.498 e. The molecule has 0 heterocycles. The number of esters is 1. The molecular weight excluding hydrogens is 362 g/mol. The maximum Gasteiger partial charge on any atom is 0.303 e. The summed E-state index contributed by atoms with van der Waals surface area (Å²) in [6.07, 6.45) is 24.1. The Morgan fingerprint density at radius 2 is 1.31 bits per heavy atom. The molecule has 0 fully saturated rings. The fourth-order valence-corrected chi connectivity index (χ4v) is 3.52. The molecule has 0 aromatic heterocycles. The van der Waals surface area contributed by atoms with Crippen molar-refractivity contribution in [3.63, 3.8) is 0 Å². The number of carbonyl (C=O) groups excluding carboxylic acids is 1. The van der Waals surface area contributed by atoms with Gasteiger partial charge in [0.15, 0.2) is 0 Å². The van der Waals surface area contributed by atoms with Gasteiger partial charge in [0.1, 0.15) is 12.7 Å². The summed E-state index contributed by atoms with van der Waals surface area (Å²) in [6, 6.07) is 0. The minimum absolute atomic E-state index is 0.215. The predicted octanol–water partition coefficient (Wildman–Crippen LogP) is 6.88. The van der Waals surface area contributed by atoms with Crippen molar-refractivity contribution in [1.29, 1.82) is 0 Å². The van der Waals surface area contributed by atoms with E-state index in [1.54, 1.807) is 6.26 Å². The van der Waals surface area contributed by atoms with Crippen LogP contribution in [0.1, 0.15) is 110 Å². The van der Waals surface area contributed by atoms with Crippen LogP contribution in [0.25, 0.3) is 0 Å². The first-order valence-electron chi connectivity index (χ1n) is 12.1. The van der Waals surface area contributed by atoms with Crippen molar-refractivity contribution in [3.05, 3.63) is 12.3 Å². The maximum atomic E-state index is 11.1. The fourth-order valence-electron chi connectivity index (χ4n) is 3.52. The molecule has 0 rings (SSSR count). The molecule has 4 nitrogen and oxygen atoms in total. The van der Waals surface area contributed by atoms with E-state index in [2.05, 4.69) is 13.0 Å². The second-order valence-electron chi connectivity index (χ2n) is 8.58. The Labute approximate surface area is 181 Å². The Kier molecular flexibility index (Phi) is 20.9. The van der Waals surface area contributed by atoms with Gasteiger partial charge in [-0.1, -0.05) is 90.4 Å². The molecule has 1 unspecified atom stereocenters. The zero-order valence-corrected chi connectivity index (χ0v) is 19.9. The number of ether oxygens (including phenoxy) is 2. The molecule has 0 radical (unpaired) electrons. The number of carbonyl (C=O) groups is 1. The SMILES string of the molecule is CCCCCCCCCCCCCCCCC=COCC(CN(C)C)OC(C)=O. The first-order chi connectivity index (χ1) is 14.1. The van der Waals surface area contributed by atoms with Crippen molar-refractivity contribution < 1.29 is 14.3 Å². The van der Waals surface area contributed by atoms with Crippen molar-refractivity contribution in [2.75, 3.05) is 27.2 Å². The monoisotopic (exact) mass is 411 g/mol. The number of nitrogens with zero attached hydrogens (tertiary/aromatic N) is 1. The molecule has 0 aliphatic carbocycles. The van der Waals surface area contributed by atoms with Crippen molar-refractivity contribution >= 4 is 5.97 Å². The summed E-state index contributed by atoms with van der Waals surface area (Å²) in [7, 11) is 3.92. The van der Waals surface area contributed by atoms with Gasteiger partial charge < -0.3 is 14.4 Å². The molecule has 29 heavy (non-hydrogen) atoms. The molecule has 4 heteroatoms. The maximum absolute atomic E-state index is 11.1. The Hall–Kier alpha value is -1.03. The van der Waals surface area contributed by atoms with Crippen molar-refractivity contribution in [2.24, 2.45) is 0 Å². The summed E-state index contributed by atoms with van der Waals surface area (Å²) < 4.78 is 10.8. The Morgan fingerprint density at radius 1 is 0.828 bits per heavy atom. The molecule has 0 N–H and O–H groups in total. The van der Waals surface area contributed by atoms with Crippen LogP contribution >= 0.6 is 0 Å². The van der Waals surface area contributed by atoms with Crippen LogP contribution in [-0.2, 0) is 14.3 Å². The van der Waals surface area contributed by atoms with E-state index in [0.29, 0.717) is 13.2 Å². The van der Waals surface area contributed by atoms with Crippen LogP contribution in [-0.4, -0.2) is 44.2 Å². The molecule has 1 atom stereocenters. The van der Waals surface area contributed by atoms with E-state index < -0.39 is 0 Å². The third-order valence-corrected chi connectivity index (χ3v) is 5.10. The highest BCUT2D eigenvalue weighted by molar-refractivity contribution is 5.66. The van der Waals surface area contributed by atoms with Gasteiger partial charge in [0.05, 0.1) is 6.26 Å². The number of rotatable bonds is 21. The van der Waals surface area contributed by atoms with Crippen LogP contribution in [0.3, 0.4) is 0 Å². The smallest absolute Gasteiger partial charge is 0.303 e. The number of hydrogen-bond acceptors (Lipinski definition) is 4. The lowest BCUT2D eigenvalue weighted by Gasteiger charge is -2.20. The summed E-state index contributed by atoms with van der Waals surface area (Å²) in [5.41, 5.74) is 0. The molecule has 0 amide bonds. The third-order valence-electron chi connectivity index (χ3n) is 5.10. The van der Waals surface area contributed by atoms with E-state index in [1.165, 1.54) is 96.8 Å². The highest BCUT2D eigenvalue weighted by atomic mass is 16.6. The molecule has 0 spiro atoms. The molecular formula is C25H49NO3. The number of unbranched alkanes of at least 4 members (excludes halogenated alkanes) is 14. The van der Waals surface area contributed by atoms with E-state index in [9.17, 15) is 4.79 Å². The van der Waals surface area contributed by atoms with E-state index in [0.717, 1.165) is 6.42 Å². The number of hydrogen-bond donors (Lipinski definition) is 0. The van der Waals surface area contributed by atoms with E-state index >= 15 is 0 Å². The molecule has 0 saturated carbocycles. The lowest BCUT2D eigenvalue weighted by Crippen LogP contribution is -2.33. The van der Waals surface area contributed by atoms with Gasteiger partial charge in [-0.25, -0.2) is 0 Å². The van der Waals surface area contributed by atoms with Gasteiger partial charge in [-0.3, -0.25) is 4.79 Å². The third kappa shape index (κ3) is 23.1. The molecule has 0 aliphatic heterocycles. The van der Waals surface area contributed by atoms with Crippen LogP contribution in [0.15, 0.2) is 12.3 Å². The molecule has 0 bridgehead atoms. The van der Waals surface area contributed by atoms with E-state index in [1.807, 2.05) is 19.0 Å².